The van der Waals surface area contributed by atoms with E-state index in [9.17, 15) is 22.8 Å². The molecule has 11 nitrogen and oxygen atoms in total. The molecule has 1 aromatic carbocycles. The van der Waals surface area contributed by atoms with Crippen LogP contribution in [0, 0.1) is 5.41 Å². The number of nitrogens with two attached hydrogens (primary N) is 1. The summed E-state index contributed by atoms with van der Waals surface area (Å²) in [4.78, 5) is 41.6. The highest BCUT2D eigenvalue weighted by molar-refractivity contribution is 6.04. The molecule has 6 rings (SSSR count). The maximum Gasteiger partial charge on any atom is 0.416 e. The molecule has 46 heavy (non-hydrogen) atoms. The number of carbonyl (C=O) groups is 2. The molecule has 2 aliphatic rings. The number of aromatic nitrogens is 4. The second-order valence-corrected chi connectivity index (χ2v) is 12.1. The van der Waals surface area contributed by atoms with Crippen LogP contribution in [0.2, 0.25) is 0 Å². The Hall–Kier alpha value is -4.56. The fraction of sp³-hybridized carbons (Fsp3) is 0.406. The zero-order valence-corrected chi connectivity index (χ0v) is 25.6. The van der Waals surface area contributed by atoms with Gasteiger partial charge in [0.15, 0.2) is 0 Å². The Labute approximate surface area is 262 Å². The van der Waals surface area contributed by atoms with Gasteiger partial charge in [-0.15, -0.1) is 0 Å². The van der Waals surface area contributed by atoms with E-state index in [0.717, 1.165) is 42.7 Å². The van der Waals surface area contributed by atoms with Gasteiger partial charge in [-0.1, -0.05) is 12.1 Å². The highest BCUT2D eigenvalue weighted by Crippen LogP contribution is 2.38. The van der Waals surface area contributed by atoms with Gasteiger partial charge in [0.1, 0.15) is 28.7 Å². The maximum absolute atomic E-state index is 13.4. The Morgan fingerprint density at radius 2 is 1.91 bits per heavy atom. The second-order valence-electron chi connectivity index (χ2n) is 12.1. The largest absolute Gasteiger partial charge is 0.416 e. The van der Waals surface area contributed by atoms with E-state index in [2.05, 4.69) is 15.3 Å². The summed E-state index contributed by atoms with van der Waals surface area (Å²) < 4.78 is 52.3. The number of carbonyl (C=O) groups excluding carboxylic acids is 2. The van der Waals surface area contributed by atoms with Crippen LogP contribution in [0.3, 0.4) is 0 Å². The van der Waals surface area contributed by atoms with Crippen molar-refractivity contribution in [3.63, 3.8) is 0 Å². The Morgan fingerprint density at radius 1 is 1.17 bits per heavy atom. The summed E-state index contributed by atoms with van der Waals surface area (Å²) >= 11 is 0. The van der Waals surface area contributed by atoms with Crippen molar-refractivity contribution in [2.24, 2.45) is 5.41 Å². The minimum Gasteiger partial charge on any atom is -0.382 e. The van der Waals surface area contributed by atoms with Gasteiger partial charge in [0.05, 0.1) is 42.2 Å². The van der Waals surface area contributed by atoms with Crippen molar-refractivity contribution >= 4 is 29.0 Å². The molecule has 0 saturated carbocycles. The molecule has 2 amide bonds. The summed E-state index contributed by atoms with van der Waals surface area (Å²) in [5.41, 5.74) is 7.75. The highest BCUT2D eigenvalue weighted by Gasteiger charge is 2.45. The van der Waals surface area contributed by atoms with E-state index in [4.69, 9.17) is 20.2 Å². The number of methoxy groups -OCH3 is 1. The molecule has 3 N–H and O–H groups in total. The van der Waals surface area contributed by atoms with Crippen LogP contribution in [0.15, 0.2) is 48.8 Å². The number of fused-ring (bicyclic) bond motifs is 1. The van der Waals surface area contributed by atoms with E-state index < -0.39 is 23.1 Å². The monoisotopic (exact) mass is 637 g/mol. The minimum absolute atomic E-state index is 0.0744. The number of nitrogen functional groups attached to an aromatic ring is 1. The van der Waals surface area contributed by atoms with Gasteiger partial charge >= 0.3 is 6.18 Å². The summed E-state index contributed by atoms with van der Waals surface area (Å²) in [5, 5.41) is 2.42. The van der Waals surface area contributed by atoms with Crippen molar-refractivity contribution < 1.29 is 32.2 Å². The van der Waals surface area contributed by atoms with E-state index in [1.54, 1.807) is 37.6 Å². The fourth-order valence-electron chi connectivity index (χ4n) is 6.00. The van der Waals surface area contributed by atoms with Crippen molar-refractivity contribution in [2.45, 2.75) is 44.9 Å². The standard InChI is InChI=1S/C32H34F3N7O4/c1-18(45-3)23-14-38-27(36)26-25(40-28(42(23)26)21-5-4-12-41(15-21)30(44)31(2)16-46-17-31)19-6-8-20(9-7-19)29(43)39-24-13-22(10-11-37-24)32(33,34)35/h6-11,13-14,18,21H,4-5,12,15-17H2,1-3H3,(H2,36,38)(H,37,39,43)/t18-,21-/m1/s1. The SMILES string of the molecule is CO[C@H](C)c1cnc(N)c2c(-c3ccc(C(=O)Nc4cc(C(F)(F)F)ccn4)cc3)nc([C@@H]3CCCN(C(=O)C4(C)COC4)C3)n12. The van der Waals surface area contributed by atoms with Crippen molar-refractivity contribution in [3.8, 4) is 11.3 Å². The Bertz CT molecular complexity index is 1790. The number of halogens is 3. The smallest absolute Gasteiger partial charge is 0.382 e. The third-order valence-electron chi connectivity index (χ3n) is 8.69. The van der Waals surface area contributed by atoms with E-state index >= 15 is 0 Å². The number of hydrogen-bond acceptors (Lipinski definition) is 8. The van der Waals surface area contributed by atoms with E-state index in [0.29, 0.717) is 43.1 Å². The van der Waals surface area contributed by atoms with Crippen LogP contribution in [-0.4, -0.2) is 69.5 Å². The predicted octanol–water partition coefficient (Wildman–Crippen LogP) is 5.09. The molecule has 0 unspecified atom stereocenters. The van der Waals surface area contributed by atoms with Crippen LogP contribution >= 0.6 is 0 Å². The molecule has 0 radical (unpaired) electrons. The van der Waals surface area contributed by atoms with Gasteiger partial charge in [-0.05, 0) is 51.0 Å². The van der Waals surface area contributed by atoms with Crippen molar-refractivity contribution in [2.75, 3.05) is 44.5 Å². The molecule has 4 aromatic rings. The number of rotatable bonds is 7. The molecule has 242 valence electrons. The van der Waals surface area contributed by atoms with E-state index in [1.165, 1.54) is 0 Å². The first-order valence-corrected chi connectivity index (χ1v) is 14.9. The van der Waals surface area contributed by atoms with Crippen LogP contribution in [0.5, 0.6) is 0 Å². The molecule has 2 fully saturated rings. The van der Waals surface area contributed by atoms with Crippen molar-refractivity contribution in [1.29, 1.82) is 0 Å². The molecule has 0 aliphatic carbocycles. The van der Waals surface area contributed by atoms with Gasteiger partial charge in [-0.3, -0.25) is 14.0 Å². The lowest BCUT2D eigenvalue weighted by atomic mass is 9.85. The summed E-state index contributed by atoms with van der Waals surface area (Å²) in [7, 11) is 1.60. The minimum atomic E-state index is -4.57. The third kappa shape index (κ3) is 5.78. The van der Waals surface area contributed by atoms with Gasteiger partial charge in [-0.25, -0.2) is 15.0 Å². The number of nitrogens with one attached hydrogen (secondary N) is 1. The summed E-state index contributed by atoms with van der Waals surface area (Å²) in [5.74, 6) is 0.113. The molecular weight excluding hydrogens is 603 g/mol. The topological polar surface area (TPSA) is 137 Å². The lowest BCUT2D eigenvalue weighted by Gasteiger charge is -2.42. The first-order chi connectivity index (χ1) is 21.9. The van der Waals surface area contributed by atoms with Crippen molar-refractivity contribution in [3.05, 3.63) is 71.4 Å². The van der Waals surface area contributed by atoms with Crippen LogP contribution in [0.4, 0.5) is 24.8 Å². The number of ether oxygens (including phenoxy) is 2. The predicted molar refractivity (Wildman–Crippen MR) is 163 cm³/mol. The number of hydrogen-bond donors (Lipinski definition) is 2. The molecule has 14 heteroatoms. The van der Waals surface area contributed by atoms with Crippen LogP contribution in [0.25, 0.3) is 16.8 Å². The summed E-state index contributed by atoms with van der Waals surface area (Å²) in [6.45, 7) is 5.79. The third-order valence-corrected chi connectivity index (χ3v) is 8.69. The Balaban J connectivity index is 1.34. The maximum atomic E-state index is 13.4. The normalized spacial score (nSPS) is 18.7. The first kappa shape index (κ1) is 31.4. The zero-order valence-electron chi connectivity index (χ0n) is 25.6. The number of amides is 2. The molecule has 0 bridgehead atoms. The Kier molecular flexibility index (Phi) is 8.19. The van der Waals surface area contributed by atoms with Gasteiger partial charge < -0.3 is 25.4 Å². The van der Waals surface area contributed by atoms with Crippen LogP contribution in [-0.2, 0) is 20.4 Å². The van der Waals surface area contributed by atoms with Gasteiger partial charge in [0, 0.05) is 43.4 Å². The highest BCUT2D eigenvalue weighted by atomic mass is 19.4. The Morgan fingerprint density at radius 3 is 2.57 bits per heavy atom. The first-order valence-electron chi connectivity index (χ1n) is 14.9. The number of pyridine rings is 1. The average Bonchev–Trinajstić information content (AvgIpc) is 3.44. The molecule has 0 spiro atoms. The summed E-state index contributed by atoms with van der Waals surface area (Å²) in [6.07, 6.45) is -0.649. The number of piperidine rings is 1. The fourth-order valence-corrected chi connectivity index (χ4v) is 6.00. The number of anilines is 2. The second kappa shape index (κ2) is 12.0. The molecule has 2 saturated heterocycles. The van der Waals surface area contributed by atoms with E-state index in [1.807, 2.05) is 23.1 Å². The molecule has 2 atom stereocenters. The molecule has 2 aliphatic heterocycles. The summed E-state index contributed by atoms with van der Waals surface area (Å²) in [6, 6.07) is 8.11. The molecule has 5 heterocycles. The number of likely N-dealkylation sites (tertiary alicyclic amines) is 1. The lowest BCUT2D eigenvalue weighted by Crippen LogP contribution is -2.55. The molecular formula is C32H34F3N7O4. The van der Waals surface area contributed by atoms with Gasteiger partial charge in [-0.2, -0.15) is 13.2 Å². The quantitative estimate of drug-likeness (QED) is 0.286. The number of imidazole rings is 1. The van der Waals surface area contributed by atoms with Crippen LogP contribution in [0.1, 0.15) is 66.2 Å². The number of alkyl halides is 3. The average molecular weight is 638 g/mol. The van der Waals surface area contributed by atoms with Gasteiger partial charge in [0.25, 0.3) is 5.91 Å². The van der Waals surface area contributed by atoms with Crippen molar-refractivity contribution in [1.82, 2.24) is 24.3 Å². The van der Waals surface area contributed by atoms with Crippen LogP contribution < -0.4 is 11.1 Å². The van der Waals surface area contributed by atoms with Gasteiger partial charge in [0.2, 0.25) is 5.91 Å². The lowest BCUT2D eigenvalue weighted by molar-refractivity contribution is -0.170. The zero-order chi connectivity index (χ0) is 32.8. The molecule has 3 aromatic heterocycles. The number of benzene rings is 1. The van der Waals surface area contributed by atoms with E-state index in [-0.39, 0.29) is 35.1 Å². The number of nitrogens with zero attached hydrogens (tertiary/aromatic N) is 5.